The molecule has 0 aliphatic heterocycles. The van der Waals surface area contributed by atoms with Crippen molar-refractivity contribution < 1.29 is 4.79 Å². The summed E-state index contributed by atoms with van der Waals surface area (Å²) in [5, 5.41) is 3.06. The van der Waals surface area contributed by atoms with Crippen LogP contribution in [0.2, 0.25) is 0 Å². The van der Waals surface area contributed by atoms with E-state index in [4.69, 9.17) is 5.73 Å². The Kier molecular flexibility index (Phi) is 5.11. The molecule has 1 aliphatic carbocycles. The number of nitrogens with one attached hydrogen (secondary N) is 1. The number of benzene rings is 1. The summed E-state index contributed by atoms with van der Waals surface area (Å²) in [7, 11) is 0. The van der Waals surface area contributed by atoms with Gasteiger partial charge in [-0.15, -0.1) is 11.8 Å². The van der Waals surface area contributed by atoms with E-state index in [1.165, 1.54) is 4.90 Å². The van der Waals surface area contributed by atoms with E-state index < -0.39 is 0 Å². The molecule has 1 atom stereocenters. The van der Waals surface area contributed by atoms with Crippen LogP contribution < -0.4 is 11.1 Å². The quantitative estimate of drug-likeness (QED) is 0.819. The standard InChI is InChI=1S/C16H24N2OS/c1-12(13-5-7-14(20-2)8-6-13)18-15(19)11-16(17)9-3-4-10-16/h5-8,12H,3-4,9-11,17H2,1-2H3,(H,18,19). The van der Waals surface area contributed by atoms with Gasteiger partial charge in [0.15, 0.2) is 0 Å². The lowest BCUT2D eigenvalue weighted by molar-refractivity contribution is -0.122. The van der Waals surface area contributed by atoms with E-state index >= 15 is 0 Å². The van der Waals surface area contributed by atoms with Crippen LogP contribution in [0.1, 0.15) is 50.6 Å². The van der Waals surface area contributed by atoms with E-state index in [2.05, 4.69) is 35.8 Å². The van der Waals surface area contributed by atoms with Gasteiger partial charge in [-0.1, -0.05) is 25.0 Å². The zero-order valence-electron chi connectivity index (χ0n) is 12.3. The number of carbonyl (C=O) groups is 1. The van der Waals surface area contributed by atoms with Gasteiger partial charge >= 0.3 is 0 Å². The highest BCUT2D eigenvalue weighted by Crippen LogP contribution is 2.30. The van der Waals surface area contributed by atoms with E-state index in [9.17, 15) is 4.79 Å². The highest BCUT2D eigenvalue weighted by Gasteiger charge is 2.31. The molecule has 0 radical (unpaired) electrons. The fourth-order valence-corrected chi connectivity index (χ4v) is 3.25. The summed E-state index contributed by atoms with van der Waals surface area (Å²) >= 11 is 1.72. The van der Waals surface area contributed by atoms with E-state index in [1.807, 2.05) is 6.92 Å². The van der Waals surface area contributed by atoms with Crippen LogP contribution >= 0.6 is 11.8 Å². The first-order valence-electron chi connectivity index (χ1n) is 7.25. The maximum atomic E-state index is 12.1. The van der Waals surface area contributed by atoms with Crippen LogP contribution in [0.5, 0.6) is 0 Å². The molecule has 1 aliphatic rings. The summed E-state index contributed by atoms with van der Waals surface area (Å²) in [6.07, 6.45) is 6.74. The molecule has 2 rings (SSSR count). The first-order chi connectivity index (χ1) is 9.52. The summed E-state index contributed by atoms with van der Waals surface area (Å²) in [6.45, 7) is 2.02. The fourth-order valence-electron chi connectivity index (χ4n) is 2.84. The molecule has 1 fully saturated rings. The van der Waals surface area contributed by atoms with E-state index in [1.54, 1.807) is 11.8 Å². The molecule has 3 nitrogen and oxygen atoms in total. The smallest absolute Gasteiger partial charge is 0.222 e. The third-order valence-electron chi connectivity index (χ3n) is 4.11. The lowest BCUT2D eigenvalue weighted by atomic mass is 9.94. The number of thioether (sulfide) groups is 1. The van der Waals surface area contributed by atoms with Crippen molar-refractivity contribution in [1.29, 1.82) is 0 Å². The zero-order valence-corrected chi connectivity index (χ0v) is 13.1. The maximum Gasteiger partial charge on any atom is 0.222 e. The molecule has 1 unspecified atom stereocenters. The topological polar surface area (TPSA) is 55.1 Å². The minimum atomic E-state index is -0.271. The van der Waals surface area contributed by atoms with Gasteiger partial charge in [0.2, 0.25) is 5.91 Å². The molecule has 4 heteroatoms. The maximum absolute atomic E-state index is 12.1. The molecule has 0 aromatic heterocycles. The number of rotatable bonds is 5. The number of carbonyl (C=O) groups excluding carboxylic acids is 1. The highest BCUT2D eigenvalue weighted by atomic mass is 32.2. The predicted octanol–water partition coefficient (Wildman–Crippen LogP) is 3.25. The van der Waals surface area contributed by atoms with Gasteiger partial charge in [-0.3, -0.25) is 4.79 Å². The Morgan fingerprint density at radius 1 is 1.35 bits per heavy atom. The van der Waals surface area contributed by atoms with Crippen molar-refractivity contribution in [3.05, 3.63) is 29.8 Å². The molecule has 1 aromatic carbocycles. The summed E-state index contributed by atoms with van der Waals surface area (Å²) in [4.78, 5) is 13.4. The van der Waals surface area contributed by atoms with Crippen molar-refractivity contribution >= 4 is 17.7 Å². The van der Waals surface area contributed by atoms with Gasteiger partial charge in [-0.05, 0) is 43.7 Å². The lowest BCUT2D eigenvalue weighted by Crippen LogP contribution is -2.42. The zero-order chi connectivity index (χ0) is 14.6. The Bertz CT molecular complexity index is 452. The van der Waals surface area contributed by atoms with Crippen LogP contribution in [0.4, 0.5) is 0 Å². The van der Waals surface area contributed by atoms with Crippen molar-refractivity contribution in [2.24, 2.45) is 5.73 Å². The monoisotopic (exact) mass is 292 g/mol. The van der Waals surface area contributed by atoms with Gasteiger partial charge in [-0.2, -0.15) is 0 Å². The third kappa shape index (κ3) is 4.00. The van der Waals surface area contributed by atoms with E-state index in [0.717, 1.165) is 31.2 Å². The second-order valence-corrected chi connectivity index (χ2v) is 6.69. The van der Waals surface area contributed by atoms with Gasteiger partial charge in [0.25, 0.3) is 0 Å². The molecular weight excluding hydrogens is 268 g/mol. The Morgan fingerprint density at radius 3 is 2.50 bits per heavy atom. The molecule has 1 aromatic rings. The molecule has 110 valence electrons. The molecule has 0 spiro atoms. The van der Waals surface area contributed by atoms with E-state index in [-0.39, 0.29) is 17.5 Å². The summed E-state index contributed by atoms with van der Waals surface area (Å²) in [6, 6.07) is 8.35. The Labute approximate surface area is 125 Å². The van der Waals surface area contributed by atoms with Crippen LogP contribution in [0.3, 0.4) is 0 Å². The molecule has 20 heavy (non-hydrogen) atoms. The summed E-state index contributed by atoms with van der Waals surface area (Å²) in [5.74, 6) is 0.0656. The normalized spacial score (nSPS) is 18.8. The Hall–Kier alpha value is -1.00. The first kappa shape index (κ1) is 15.4. The lowest BCUT2D eigenvalue weighted by Gasteiger charge is -2.24. The van der Waals surface area contributed by atoms with Crippen molar-refractivity contribution in [3.63, 3.8) is 0 Å². The van der Waals surface area contributed by atoms with Crippen LogP contribution in [-0.2, 0) is 4.79 Å². The predicted molar refractivity (Wildman–Crippen MR) is 84.8 cm³/mol. The number of nitrogens with two attached hydrogens (primary N) is 1. The van der Waals surface area contributed by atoms with Crippen LogP contribution in [0, 0.1) is 0 Å². The molecular formula is C16H24N2OS. The van der Waals surface area contributed by atoms with Crippen molar-refractivity contribution in [2.45, 2.75) is 55.5 Å². The molecule has 1 saturated carbocycles. The summed E-state index contributed by atoms with van der Waals surface area (Å²) in [5.41, 5.74) is 7.11. The third-order valence-corrected chi connectivity index (χ3v) is 4.85. The first-order valence-corrected chi connectivity index (χ1v) is 8.47. The Balaban J connectivity index is 1.89. The van der Waals surface area contributed by atoms with E-state index in [0.29, 0.717) is 6.42 Å². The molecule has 0 saturated heterocycles. The fraction of sp³-hybridized carbons (Fsp3) is 0.562. The average molecular weight is 292 g/mol. The minimum Gasteiger partial charge on any atom is -0.350 e. The van der Waals surface area contributed by atoms with Gasteiger partial charge in [0, 0.05) is 16.9 Å². The molecule has 0 heterocycles. The van der Waals surface area contributed by atoms with Crippen molar-refractivity contribution in [3.8, 4) is 0 Å². The van der Waals surface area contributed by atoms with Crippen LogP contribution in [0.25, 0.3) is 0 Å². The van der Waals surface area contributed by atoms with Crippen molar-refractivity contribution in [1.82, 2.24) is 5.32 Å². The molecule has 3 N–H and O–H groups in total. The average Bonchev–Trinajstić information content (AvgIpc) is 2.84. The van der Waals surface area contributed by atoms with Gasteiger partial charge < -0.3 is 11.1 Å². The van der Waals surface area contributed by atoms with Crippen molar-refractivity contribution in [2.75, 3.05) is 6.26 Å². The number of amides is 1. The van der Waals surface area contributed by atoms with Gasteiger partial charge in [0.05, 0.1) is 6.04 Å². The van der Waals surface area contributed by atoms with Gasteiger partial charge in [0.1, 0.15) is 0 Å². The van der Waals surface area contributed by atoms with Gasteiger partial charge in [-0.25, -0.2) is 0 Å². The molecule has 1 amide bonds. The Morgan fingerprint density at radius 2 is 1.95 bits per heavy atom. The minimum absolute atomic E-state index is 0.0309. The second kappa shape index (κ2) is 6.64. The van der Waals surface area contributed by atoms with Crippen LogP contribution in [-0.4, -0.2) is 17.7 Å². The SMILES string of the molecule is CSc1ccc(C(C)NC(=O)CC2(N)CCCC2)cc1. The summed E-state index contributed by atoms with van der Waals surface area (Å²) < 4.78 is 0. The highest BCUT2D eigenvalue weighted by molar-refractivity contribution is 7.98. The number of hydrogen-bond acceptors (Lipinski definition) is 3. The molecule has 0 bridgehead atoms. The second-order valence-electron chi connectivity index (χ2n) is 5.81. The number of hydrogen-bond donors (Lipinski definition) is 2. The van der Waals surface area contributed by atoms with Crippen LogP contribution in [0.15, 0.2) is 29.2 Å². The largest absolute Gasteiger partial charge is 0.350 e.